The predicted octanol–water partition coefficient (Wildman–Crippen LogP) is 3.73. The standard InChI is InChI=1S/C21H22N4O3/c1-2-3-12-28-18-10-6-16(7-11-18)19-13-20(24-23-19)21(27)25-22-14-15-4-8-17(26)9-5-15/h4-11,13-14,26H,2-3,12H2,1H3,(H,23,24)(H,25,27). The molecule has 0 fully saturated rings. The molecule has 3 rings (SSSR count). The fraction of sp³-hybridized carbons (Fsp3) is 0.190. The van der Waals surface area contributed by atoms with E-state index in [1.165, 1.54) is 6.21 Å². The summed E-state index contributed by atoms with van der Waals surface area (Å²) in [5.41, 5.74) is 5.04. The first-order chi connectivity index (χ1) is 13.7. The van der Waals surface area contributed by atoms with Crippen molar-refractivity contribution in [2.75, 3.05) is 6.61 Å². The molecule has 7 nitrogen and oxygen atoms in total. The largest absolute Gasteiger partial charge is 0.508 e. The number of nitrogens with zero attached hydrogens (tertiary/aromatic N) is 2. The second-order valence-electron chi connectivity index (χ2n) is 6.18. The van der Waals surface area contributed by atoms with Crippen molar-refractivity contribution in [1.29, 1.82) is 0 Å². The van der Waals surface area contributed by atoms with E-state index < -0.39 is 5.91 Å². The number of aromatic amines is 1. The highest BCUT2D eigenvalue weighted by Gasteiger charge is 2.10. The summed E-state index contributed by atoms with van der Waals surface area (Å²) in [4.78, 5) is 12.2. The van der Waals surface area contributed by atoms with Crippen molar-refractivity contribution in [3.8, 4) is 22.8 Å². The van der Waals surface area contributed by atoms with Crippen LogP contribution in [0.15, 0.2) is 59.7 Å². The minimum Gasteiger partial charge on any atom is -0.508 e. The topological polar surface area (TPSA) is 99.6 Å². The Morgan fingerprint density at radius 1 is 1.21 bits per heavy atom. The number of amides is 1. The summed E-state index contributed by atoms with van der Waals surface area (Å²) in [5.74, 6) is 0.592. The quantitative estimate of drug-likeness (QED) is 0.316. The van der Waals surface area contributed by atoms with Gasteiger partial charge in [-0.05, 0) is 66.6 Å². The van der Waals surface area contributed by atoms with Crippen molar-refractivity contribution in [3.05, 3.63) is 65.9 Å². The van der Waals surface area contributed by atoms with Gasteiger partial charge in [0, 0.05) is 5.56 Å². The van der Waals surface area contributed by atoms with Crippen LogP contribution in [-0.4, -0.2) is 34.0 Å². The van der Waals surface area contributed by atoms with E-state index in [2.05, 4.69) is 27.6 Å². The molecule has 0 aliphatic heterocycles. The van der Waals surface area contributed by atoms with E-state index in [9.17, 15) is 9.90 Å². The SMILES string of the molecule is CCCCOc1ccc(-c2cc(C(=O)NN=Cc3ccc(O)cc3)[nH]n2)cc1. The van der Waals surface area contributed by atoms with Crippen LogP contribution in [0.1, 0.15) is 35.8 Å². The van der Waals surface area contributed by atoms with E-state index >= 15 is 0 Å². The zero-order valence-electron chi connectivity index (χ0n) is 15.6. The summed E-state index contributed by atoms with van der Waals surface area (Å²) in [6.07, 6.45) is 3.61. The van der Waals surface area contributed by atoms with Gasteiger partial charge in [-0.3, -0.25) is 9.89 Å². The smallest absolute Gasteiger partial charge is 0.289 e. The molecule has 0 radical (unpaired) electrons. The Balaban J connectivity index is 1.58. The van der Waals surface area contributed by atoms with Crippen molar-refractivity contribution < 1.29 is 14.6 Å². The van der Waals surface area contributed by atoms with Crippen LogP contribution in [0.2, 0.25) is 0 Å². The molecule has 0 unspecified atom stereocenters. The molecule has 0 aliphatic carbocycles. The number of phenolic OH excluding ortho intramolecular Hbond substituents is 1. The lowest BCUT2D eigenvalue weighted by molar-refractivity contribution is 0.0950. The van der Waals surface area contributed by atoms with Crippen molar-refractivity contribution in [1.82, 2.24) is 15.6 Å². The van der Waals surface area contributed by atoms with Crippen LogP contribution in [0.5, 0.6) is 11.5 Å². The van der Waals surface area contributed by atoms with Gasteiger partial charge in [0.05, 0.1) is 18.5 Å². The average Bonchev–Trinajstić information content (AvgIpc) is 3.20. The normalized spacial score (nSPS) is 10.9. The molecule has 1 aromatic heterocycles. The molecular formula is C21H22N4O3. The zero-order chi connectivity index (χ0) is 19.8. The molecular weight excluding hydrogens is 356 g/mol. The van der Waals surface area contributed by atoms with Gasteiger partial charge in [0.25, 0.3) is 5.91 Å². The molecule has 7 heteroatoms. The number of carbonyl (C=O) groups is 1. The Morgan fingerprint density at radius 2 is 1.96 bits per heavy atom. The van der Waals surface area contributed by atoms with Gasteiger partial charge in [0.1, 0.15) is 17.2 Å². The Kier molecular flexibility index (Phi) is 6.41. The molecule has 0 atom stereocenters. The number of benzene rings is 2. The number of hydrogen-bond acceptors (Lipinski definition) is 5. The molecule has 2 aromatic carbocycles. The number of hydrazone groups is 1. The second-order valence-corrected chi connectivity index (χ2v) is 6.18. The zero-order valence-corrected chi connectivity index (χ0v) is 15.6. The second kappa shape index (κ2) is 9.36. The number of ether oxygens (including phenoxy) is 1. The molecule has 144 valence electrons. The molecule has 1 heterocycles. The summed E-state index contributed by atoms with van der Waals surface area (Å²) < 4.78 is 5.65. The van der Waals surface area contributed by atoms with Crippen LogP contribution in [0.4, 0.5) is 0 Å². The maximum absolute atomic E-state index is 12.2. The number of aromatic hydroxyl groups is 1. The van der Waals surface area contributed by atoms with Crippen molar-refractivity contribution in [2.24, 2.45) is 5.10 Å². The summed E-state index contributed by atoms with van der Waals surface area (Å²) in [6, 6.07) is 15.7. The molecule has 1 amide bonds. The van der Waals surface area contributed by atoms with Crippen LogP contribution in [0.25, 0.3) is 11.3 Å². The van der Waals surface area contributed by atoms with Crippen molar-refractivity contribution in [2.45, 2.75) is 19.8 Å². The van der Waals surface area contributed by atoms with Gasteiger partial charge in [-0.15, -0.1) is 0 Å². The third-order valence-corrected chi connectivity index (χ3v) is 4.01. The highest BCUT2D eigenvalue weighted by atomic mass is 16.5. The van der Waals surface area contributed by atoms with Gasteiger partial charge in [-0.25, -0.2) is 5.43 Å². The molecule has 0 spiro atoms. The van der Waals surface area contributed by atoms with Crippen molar-refractivity contribution >= 4 is 12.1 Å². The lowest BCUT2D eigenvalue weighted by Gasteiger charge is -2.05. The Bertz CT molecular complexity index is 931. The minimum absolute atomic E-state index is 0.173. The first-order valence-corrected chi connectivity index (χ1v) is 9.07. The maximum Gasteiger partial charge on any atom is 0.289 e. The van der Waals surface area contributed by atoms with Gasteiger partial charge < -0.3 is 9.84 Å². The highest BCUT2D eigenvalue weighted by molar-refractivity contribution is 5.94. The molecule has 0 aliphatic rings. The molecule has 0 saturated carbocycles. The monoisotopic (exact) mass is 378 g/mol. The molecule has 3 aromatic rings. The van der Waals surface area contributed by atoms with Gasteiger partial charge in [0.2, 0.25) is 0 Å². The average molecular weight is 378 g/mol. The van der Waals surface area contributed by atoms with Crippen LogP contribution >= 0.6 is 0 Å². The molecule has 3 N–H and O–H groups in total. The van der Waals surface area contributed by atoms with Crippen LogP contribution < -0.4 is 10.2 Å². The fourth-order valence-electron chi connectivity index (χ4n) is 2.43. The highest BCUT2D eigenvalue weighted by Crippen LogP contribution is 2.21. The number of phenols is 1. The first kappa shape index (κ1) is 19.2. The summed E-state index contributed by atoms with van der Waals surface area (Å²) >= 11 is 0. The molecule has 0 saturated heterocycles. The van der Waals surface area contributed by atoms with Gasteiger partial charge in [0.15, 0.2) is 0 Å². The summed E-state index contributed by atoms with van der Waals surface area (Å²) in [6.45, 7) is 2.82. The Hall–Kier alpha value is -3.61. The Labute approximate surface area is 163 Å². The van der Waals surface area contributed by atoms with E-state index in [-0.39, 0.29) is 5.75 Å². The third kappa shape index (κ3) is 5.20. The summed E-state index contributed by atoms with van der Waals surface area (Å²) in [7, 11) is 0. The number of hydrogen-bond donors (Lipinski definition) is 3. The van der Waals surface area contributed by atoms with Gasteiger partial charge in [-0.1, -0.05) is 13.3 Å². The Morgan fingerprint density at radius 3 is 2.68 bits per heavy atom. The number of H-pyrrole nitrogens is 1. The van der Waals surface area contributed by atoms with E-state index in [1.54, 1.807) is 30.3 Å². The van der Waals surface area contributed by atoms with E-state index in [1.807, 2.05) is 24.3 Å². The fourth-order valence-corrected chi connectivity index (χ4v) is 2.43. The first-order valence-electron chi connectivity index (χ1n) is 9.07. The molecule has 28 heavy (non-hydrogen) atoms. The van der Waals surface area contributed by atoms with Crippen LogP contribution in [-0.2, 0) is 0 Å². The lowest BCUT2D eigenvalue weighted by atomic mass is 10.1. The van der Waals surface area contributed by atoms with E-state index in [0.29, 0.717) is 18.0 Å². The number of rotatable bonds is 8. The number of carbonyl (C=O) groups excluding carboxylic acids is 1. The summed E-state index contributed by atoms with van der Waals surface area (Å²) in [5, 5.41) is 20.1. The number of aromatic nitrogens is 2. The molecule has 0 bridgehead atoms. The predicted molar refractivity (Wildman–Crippen MR) is 108 cm³/mol. The van der Waals surface area contributed by atoms with Crippen molar-refractivity contribution in [3.63, 3.8) is 0 Å². The maximum atomic E-state index is 12.2. The van der Waals surface area contributed by atoms with Crippen LogP contribution in [0, 0.1) is 0 Å². The van der Waals surface area contributed by atoms with E-state index in [0.717, 1.165) is 29.7 Å². The third-order valence-electron chi connectivity index (χ3n) is 4.01. The van der Waals surface area contributed by atoms with E-state index in [4.69, 9.17) is 4.74 Å². The number of unbranched alkanes of at least 4 members (excludes halogenated alkanes) is 1. The minimum atomic E-state index is -0.395. The number of nitrogens with one attached hydrogen (secondary N) is 2. The van der Waals surface area contributed by atoms with Gasteiger partial charge >= 0.3 is 0 Å². The van der Waals surface area contributed by atoms with Crippen LogP contribution in [0.3, 0.4) is 0 Å². The lowest BCUT2D eigenvalue weighted by Crippen LogP contribution is -2.17. The van der Waals surface area contributed by atoms with Gasteiger partial charge in [-0.2, -0.15) is 10.2 Å².